The van der Waals surface area contributed by atoms with Crippen LogP contribution in [0.25, 0.3) is 0 Å². The van der Waals surface area contributed by atoms with Crippen LogP contribution in [0.5, 0.6) is 0 Å². The van der Waals surface area contributed by atoms with Gasteiger partial charge in [0.1, 0.15) is 0 Å². The lowest BCUT2D eigenvalue weighted by molar-refractivity contribution is 0.0368. The molecule has 0 saturated carbocycles. The fourth-order valence-electron chi connectivity index (χ4n) is 3.19. The van der Waals surface area contributed by atoms with E-state index in [1.807, 2.05) is 24.3 Å². The molecule has 2 aromatic rings. The smallest absolute Gasteiger partial charge is 0.173 e. The summed E-state index contributed by atoms with van der Waals surface area (Å²) in [6.45, 7) is 6.12. The number of morpholine rings is 1. The Labute approximate surface area is 192 Å². The fraction of sp³-hybridized carbons (Fsp3) is 0.381. The molecule has 29 heavy (non-hydrogen) atoms. The van der Waals surface area contributed by atoms with Crippen LogP contribution in [-0.2, 0) is 11.3 Å². The van der Waals surface area contributed by atoms with Gasteiger partial charge in [-0.3, -0.25) is 4.90 Å². The summed E-state index contributed by atoms with van der Waals surface area (Å²) in [5.74, 6) is 0. The van der Waals surface area contributed by atoms with Crippen LogP contribution in [0, 0.1) is 0 Å². The molecule has 3 rings (SSSR count). The largest absolute Gasteiger partial charge is 0.379 e. The van der Waals surface area contributed by atoms with Gasteiger partial charge in [-0.2, -0.15) is 0 Å². The van der Waals surface area contributed by atoms with Crippen molar-refractivity contribution in [2.75, 3.05) is 44.7 Å². The van der Waals surface area contributed by atoms with Gasteiger partial charge >= 0.3 is 0 Å². The highest BCUT2D eigenvalue weighted by Crippen LogP contribution is 2.25. The van der Waals surface area contributed by atoms with Gasteiger partial charge in [-0.15, -0.1) is 0 Å². The maximum absolute atomic E-state index is 6.16. The second kappa shape index (κ2) is 11.3. The van der Waals surface area contributed by atoms with Gasteiger partial charge in [-0.1, -0.05) is 46.9 Å². The van der Waals surface area contributed by atoms with Crippen molar-refractivity contribution in [1.29, 1.82) is 0 Å². The summed E-state index contributed by atoms with van der Waals surface area (Å²) in [5, 5.41) is 5.66. The molecule has 0 radical (unpaired) electrons. The SMILES string of the molecule is S=C(Nc1ccc(Cl)c(Cl)c1)N(CCCN1CCOCC1)Cc1cccc(Cl)c1. The van der Waals surface area contributed by atoms with Crippen molar-refractivity contribution in [3.8, 4) is 0 Å². The Hall–Kier alpha value is -1.08. The van der Waals surface area contributed by atoms with Crippen molar-refractivity contribution in [3.63, 3.8) is 0 Å². The average molecular weight is 473 g/mol. The molecule has 1 aliphatic rings. The standard InChI is InChI=1S/C21H24Cl3N3OS/c22-17-4-1-3-16(13-17)15-27(8-2-7-26-9-11-28-12-10-26)21(29)25-18-5-6-19(23)20(24)14-18/h1,3-6,13-14H,2,7-12,15H2,(H,25,29). The highest BCUT2D eigenvalue weighted by Gasteiger charge is 2.14. The summed E-state index contributed by atoms with van der Waals surface area (Å²) in [6.07, 6.45) is 1.00. The molecule has 0 unspecified atom stereocenters. The van der Waals surface area contributed by atoms with Gasteiger partial charge in [0.05, 0.1) is 23.3 Å². The first kappa shape index (κ1) is 22.6. The van der Waals surface area contributed by atoms with Gasteiger partial charge in [0, 0.05) is 43.4 Å². The second-order valence-corrected chi connectivity index (χ2v) is 8.56. The van der Waals surface area contributed by atoms with Crippen molar-refractivity contribution in [2.24, 2.45) is 0 Å². The molecule has 0 amide bonds. The zero-order chi connectivity index (χ0) is 20.6. The van der Waals surface area contributed by atoms with Crippen LogP contribution < -0.4 is 5.32 Å². The third-order valence-corrected chi connectivity index (χ3v) is 6.06. The van der Waals surface area contributed by atoms with E-state index in [2.05, 4.69) is 21.2 Å². The zero-order valence-corrected chi connectivity index (χ0v) is 19.1. The third kappa shape index (κ3) is 7.28. The summed E-state index contributed by atoms with van der Waals surface area (Å²) in [5.41, 5.74) is 1.93. The van der Waals surface area contributed by atoms with Gasteiger partial charge in [0.25, 0.3) is 0 Å². The number of ether oxygens (including phenoxy) is 1. The quantitative estimate of drug-likeness (QED) is 0.532. The van der Waals surface area contributed by atoms with Crippen LogP contribution >= 0.6 is 47.0 Å². The Balaban J connectivity index is 1.64. The van der Waals surface area contributed by atoms with Crippen molar-refractivity contribution in [1.82, 2.24) is 9.80 Å². The zero-order valence-electron chi connectivity index (χ0n) is 16.0. The lowest BCUT2D eigenvalue weighted by Gasteiger charge is -2.29. The normalized spacial score (nSPS) is 14.6. The molecule has 0 aromatic heterocycles. The molecule has 0 atom stereocenters. The van der Waals surface area contributed by atoms with E-state index in [1.165, 1.54) is 0 Å². The Morgan fingerprint density at radius 2 is 1.86 bits per heavy atom. The minimum atomic E-state index is 0.494. The monoisotopic (exact) mass is 471 g/mol. The van der Waals surface area contributed by atoms with Gasteiger partial charge in [-0.25, -0.2) is 0 Å². The van der Waals surface area contributed by atoms with E-state index < -0.39 is 0 Å². The minimum absolute atomic E-state index is 0.494. The molecule has 0 aliphatic carbocycles. The van der Waals surface area contributed by atoms with Gasteiger partial charge in [0.2, 0.25) is 0 Å². The Morgan fingerprint density at radius 1 is 1.07 bits per heavy atom. The number of halogens is 3. The van der Waals surface area contributed by atoms with E-state index in [0.29, 0.717) is 21.7 Å². The van der Waals surface area contributed by atoms with Gasteiger partial charge < -0.3 is 15.0 Å². The summed E-state index contributed by atoms with van der Waals surface area (Å²) in [7, 11) is 0. The highest BCUT2D eigenvalue weighted by molar-refractivity contribution is 7.80. The molecule has 156 valence electrons. The topological polar surface area (TPSA) is 27.7 Å². The number of thiocarbonyl (C=S) groups is 1. The maximum Gasteiger partial charge on any atom is 0.173 e. The predicted molar refractivity (Wildman–Crippen MR) is 126 cm³/mol. The van der Waals surface area contributed by atoms with Crippen molar-refractivity contribution in [3.05, 3.63) is 63.1 Å². The summed E-state index contributed by atoms with van der Waals surface area (Å²) in [6, 6.07) is 13.3. The van der Waals surface area contributed by atoms with Gasteiger partial charge in [-0.05, 0) is 54.5 Å². The lowest BCUT2D eigenvalue weighted by Crippen LogP contribution is -2.40. The predicted octanol–water partition coefficient (Wildman–Crippen LogP) is 5.57. The third-order valence-electron chi connectivity index (χ3n) is 4.73. The summed E-state index contributed by atoms with van der Waals surface area (Å²) < 4.78 is 5.42. The van der Waals surface area contributed by atoms with Crippen LogP contribution in [0.2, 0.25) is 15.1 Å². The number of hydrogen-bond donors (Lipinski definition) is 1. The minimum Gasteiger partial charge on any atom is -0.379 e. The number of nitrogens with zero attached hydrogens (tertiary/aromatic N) is 2. The molecule has 8 heteroatoms. The van der Waals surface area contributed by atoms with E-state index >= 15 is 0 Å². The first-order valence-electron chi connectivity index (χ1n) is 9.57. The number of hydrogen-bond acceptors (Lipinski definition) is 3. The summed E-state index contributed by atoms with van der Waals surface area (Å²) in [4.78, 5) is 4.58. The number of anilines is 1. The van der Waals surface area contributed by atoms with Crippen LogP contribution in [0.15, 0.2) is 42.5 Å². The summed E-state index contributed by atoms with van der Waals surface area (Å²) >= 11 is 24.0. The van der Waals surface area contributed by atoms with Crippen molar-refractivity contribution < 1.29 is 4.74 Å². The molecular weight excluding hydrogens is 449 g/mol. The van der Waals surface area contributed by atoms with E-state index in [9.17, 15) is 0 Å². The Bertz CT molecular complexity index is 831. The Morgan fingerprint density at radius 3 is 2.59 bits per heavy atom. The van der Waals surface area contributed by atoms with E-state index in [4.69, 9.17) is 51.8 Å². The van der Waals surface area contributed by atoms with E-state index in [0.717, 1.165) is 62.1 Å². The second-order valence-electron chi connectivity index (χ2n) is 6.92. The molecule has 1 fully saturated rings. The lowest BCUT2D eigenvalue weighted by atomic mass is 10.2. The fourth-order valence-corrected chi connectivity index (χ4v) is 3.98. The van der Waals surface area contributed by atoms with Crippen LogP contribution in [0.4, 0.5) is 5.69 Å². The number of nitrogens with one attached hydrogen (secondary N) is 1. The first-order valence-corrected chi connectivity index (χ1v) is 11.1. The number of benzene rings is 2. The molecule has 4 nitrogen and oxygen atoms in total. The van der Waals surface area contributed by atoms with E-state index in [-0.39, 0.29) is 0 Å². The molecular formula is C21H24Cl3N3OS. The first-order chi connectivity index (χ1) is 14.0. The maximum atomic E-state index is 6.16. The Kier molecular flexibility index (Phi) is 8.85. The average Bonchev–Trinajstić information content (AvgIpc) is 2.71. The van der Waals surface area contributed by atoms with Crippen molar-refractivity contribution in [2.45, 2.75) is 13.0 Å². The van der Waals surface area contributed by atoms with Gasteiger partial charge in [0.15, 0.2) is 5.11 Å². The number of rotatable bonds is 7. The highest BCUT2D eigenvalue weighted by atomic mass is 35.5. The molecule has 1 N–H and O–H groups in total. The molecule has 0 spiro atoms. The van der Waals surface area contributed by atoms with Crippen LogP contribution in [-0.4, -0.2) is 54.3 Å². The molecule has 2 aromatic carbocycles. The molecule has 0 bridgehead atoms. The molecule has 1 aliphatic heterocycles. The molecule has 1 heterocycles. The van der Waals surface area contributed by atoms with Crippen LogP contribution in [0.3, 0.4) is 0 Å². The molecule has 1 saturated heterocycles. The van der Waals surface area contributed by atoms with Crippen LogP contribution in [0.1, 0.15) is 12.0 Å². The van der Waals surface area contributed by atoms with E-state index in [1.54, 1.807) is 12.1 Å². The van der Waals surface area contributed by atoms with Crippen molar-refractivity contribution >= 4 is 57.8 Å².